The van der Waals surface area contributed by atoms with Gasteiger partial charge in [0.1, 0.15) is 5.76 Å². The number of aromatic nitrogens is 2. The minimum atomic E-state index is -0.517. The fourth-order valence-electron chi connectivity index (χ4n) is 1.49. The quantitative estimate of drug-likeness (QED) is 0.828. The topological polar surface area (TPSA) is 51.2 Å². The van der Waals surface area contributed by atoms with Crippen molar-refractivity contribution < 1.29 is 9.52 Å². The molecule has 1 atom stereocenters. The highest BCUT2D eigenvalue weighted by Crippen LogP contribution is 2.17. The molecule has 1 N–H and O–H groups in total. The van der Waals surface area contributed by atoms with Crippen molar-refractivity contribution in [2.45, 2.75) is 18.9 Å². The average Bonchev–Trinajstić information content (AvgIpc) is 2.84. The second kappa shape index (κ2) is 4.31. The summed E-state index contributed by atoms with van der Waals surface area (Å²) < 4.78 is 6.87. The maximum Gasteiger partial charge on any atom is 0.103 e. The Bertz CT molecular complexity index is 406. The van der Waals surface area contributed by atoms with Crippen molar-refractivity contribution in [3.8, 4) is 0 Å². The minimum Gasteiger partial charge on any atom is -0.469 e. The van der Waals surface area contributed by atoms with E-state index in [0.29, 0.717) is 12.1 Å². The molecule has 4 heteroatoms. The van der Waals surface area contributed by atoms with Gasteiger partial charge in [0, 0.05) is 19.7 Å². The molecule has 0 radical (unpaired) electrons. The van der Waals surface area contributed by atoms with Gasteiger partial charge in [0.05, 0.1) is 18.1 Å². The van der Waals surface area contributed by atoms with Crippen LogP contribution < -0.4 is 0 Å². The summed E-state index contributed by atoms with van der Waals surface area (Å²) in [7, 11) is 1.84. The van der Waals surface area contributed by atoms with E-state index in [2.05, 4.69) is 5.10 Å². The first-order valence-electron chi connectivity index (χ1n) is 4.95. The van der Waals surface area contributed by atoms with Crippen LogP contribution in [0.2, 0.25) is 0 Å². The molecule has 2 aromatic rings. The zero-order valence-corrected chi connectivity index (χ0v) is 8.63. The van der Waals surface area contributed by atoms with Gasteiger partial charge in [0.25, 0.3) is 0 Å². The maximum absolute atomic E-state index is 9.82. The Balaban J connectivity index is 1.90. The van der Waals surface area contributed by atoms with Crippen LogP contribution in [0.15, 0.2) is 35.1 Å². The van der Waals surface area contributed by atoms with Crippen LogP contribution in [0, 0.1) is 0 Å². The predicted octanol–water partition coefficient (Wildman–Crippen LogP) is 1.68. The van der Waals surface area contributed by atoms with Crippen molar-refractivity contribution in [2.75, 3.05) is 0 Å². The lowest BCUT2D eigenvalue weighted by Gasteiger charge is -2.05. The van der Waals surface area contributed by atoms with Gasteiger partial charge < -0.3 is 9.52 Å². The first kappa shape index (κ1) is 9.98. The van der Waals surface area contributed by atoms with Gasteiger partial charge in [-0.1, -0.05) is 0 Å². The summed E-state index contributed by atoms with van der Waals surface area (Å²) >= 11 is 0. The molecule has 2 aromatic heterocycles. The van der Waals surface area contributed by atoms with Crippen LogP contribution in [0.1, 0.15) is 24.0 Å². The van der Waals surface area contributed by atoms with Crippen molar-refractivity contribution in [3.63, 3.8) is 0 Å². The number of aryl methyl sites for hydroxylation is 2. The maximum atomic E-state index is 9.82. The zero-order valence-electron chi connectivity index (χ0n) is 8.63. The summed E-state index contributed by atoms with van der Waals surface area (Å²) in [6.45, 7) is 0. The highest BCUT2D eigenvalue weighted by Gasteiger charge is 2.10. The van der Waals surface area contributed by atoms with Gasteiger partial charge in [-0.05, 0) is 24.6 Å². The molecule has 0 amide bonds. The molecule has 0 aromatic carbocycles. The summed E-state index contributed by atoms with van der Waals surface area (Å²) in [5.74, 6) is 0.894. The summed E-state index contributed by atoms with van der Waals surface area (Å²) in [5, 5.41) is 14.0. The van der Waals surface area contributed by atoms with Crippen molar-refractivity contribution in [2.24, 2.45) is 7.05 Å². The molecule has 15 heavy (non-hydrogen) atoms. The van der Waals surface area contributed by atoms with Gasteiger partial charge in [-0.2, -0.15) is 5.10 Å². The number of aliphatic hydroxyl groups excluding tert-OH is 1. The molecule has 4 nitrogen and oxygen atoms in total. The van der Waals surface area contributed by atoms with Crippen molar-refractivity contribution in [1.82, 2.24) is 9.78 Å². The van der Waals surface area contributed by atoms with Crippen LogP contribution >= 0.6 is 0 Å². The Morgan fingerprint density at radius 1 is 1.53 bits per heavy atom. The van der Waals surface area contributed by atoms with E-state index >= 15 is 0 Å². The molecule has 0 fully saturated rings. The largest absolute Gasteiger partial charge is 0.469 e. The monoisotopic (exact) mass is 206 g/mol. The smallest absolute Gasteiger partial charge is 0.103 e. The average molecular weight is 206 g/mol. The van der Waals surface area contributed by atoms with Gasteiger partial charge in [-0.25, -0.2) is 0 Å². The summed E-state index contributed by atoms with van der Waals surface area (Å²) in [6.07, 6.45) is 4.31. The molecule has 0 bridgehead atoms. The van der Waals surface area contributed by atoms with Crippen LogP contribution in [0.4, 0.5) is 0 Å². The fourth-order valence-corrected chi connectivity index (χ4v) is 1.49. The number of nitrogens with zero attached hydrogens (tertiary/aromatic N) is 2. The third kappa shape index (κ3) is 2.47. The van der Waals surface area contributed by atoms with Crippen LogP contribution in [-0.2, 0) is 13.5 Å². The third-order valence-electron chi connectivity index (χ3n) is 2.32. The lowest BCUT2D eigenvalue weighted by molar-refractivity contribution is 0.160. The second-order valence-corrected chi connectivity index (χ2v) is 3.55. The summed E-state index contributed by atoms with van der Waals surface area (Å²) in [4.78, 5) is 0. The normalized spacial score (nSPS) is 12.9. The summed E-state index contributed by atoms with van der Waals surface area (Å²) in [6, 6.07) is 5.58. The van der Waals surface area contributed by atoms with Crippen molar-refractivity contribution >= 4 is 0 Å². The number of hydrogen-bond acceptors (Lipinski definition) is 3. The highest BCUT2D eigenvalue weighted by atomic mass is 16.3. The Hall–Kier alpha value is -1.55. The van der Waals surface area contributed by atoms with Crippen LogP contribution in [0.5, 0.6) is 0 Å². The van der Waals surface area contributed by atoms with Gasteiger partial charge in [-0.15, -0.1) is 0 Å². The van der Waals surface area contributed by atoms with E-state index < -0.39 is 6.10 Å². The molecular weight excluding hydrogens is 192 g/mol. The Labute approximate surface area is 88.1 Å². The van der Waals surface area contributed by atoms with E-state index in [1.807, 2.05) is 31.4 Å². The lowest BCUT2D eigenvalue weighted by Crippen LogP contribution is -2.01. The highest BCUT2D eigenvalue weighted by molar-refractivity contribution is 5.04. The molecule has 80 valence electrons. The number of rotatable bonds is 4. The zero-order chi connectivity index (χ0) is 10.7. The van der Waals surface area contributed by atoms with Gasteiger partial charge in [0.15, 0.2) is 0 Å². The number of aliphatic hydroxyl groups is 1. The van der Waals surface area contributed by atoms with E-state index in [-0.39, 0.29) is 0 Å². The van der Waals surface area contributed by atoms with Crippen LogP contribution in [0.25, 0.3) is 0 Å². The van der Waals surface area contributed by atoms with Gasteiger partial charge >= 0.3 is 0 Å². The SMILES string of the molecule is Cn1ccc(C(O)CCc2ccco2)n1. The molecular formula is C11H14N2O2. The first-order valence-corrected chi connectivity index (χ1v) is 4.95. The van der Waals surface area contributed by atoms with Gasteiger partial charge in [0.2, 0.25) is 0 Å². The Kier molecular flexibility index (Phi) is 2.87. The van der Waals surface area contributed by atoms with Crippen molar-refractivity contribution in [1.29, 1.82) is 0 Å². The van der Waals surface area contributed by atoms with E-state index in [9.17, 15) is 5.11 Å². The molecule has 0 spiro atoms. The molecule has 2 rings (SSSR count). The Morgan fingerprint density at radius 2 is 2.40 bits per heavy atom. The minimum absolute atomic E-state index is 0.517. The molecule has 0 saturated heterocycles. The van der Waals surface area contributed by atoms with E-state index in [4.69, 9.17) is 4.42 Å². The second-order valence-electron chi connectivity index (χ2n) is 3.55. The van der Waals surface area contributed by atoms with E-state index in [0.717, 1.165) is 12.2 Å². The first-order chi connectivity index (χ1) is 7.25. The fraction of sp³-hybridized carbons (Fsp3) is 0.364. The molecule has 0 aliphatic heterocycles. The molecule has 0 aliphatic carbocycles. The van der Waals surface area contributed by atoms with Gasteiger partial charge in [-0.3, -0.25) is 4.68 Å². The lowest BCUT2D eigenvalue weighted by atomic mass is 10.1. The van der Waals surface area contributed by atoms with Crippen LogP contribution in [-0.4, -0.2) is 14.9 Å². The number of furan rings is 1. The summed E-state index contributed by atoms with van der Waals surface area (Å²) in [5.41, 5.74) is 0.712. The number of hydrogen-bond donors (Lipinski definition) is 1. The third-order valence-corrected chi connectivity index (χ3v) is 2.32. The van der Waals surface area contributed by atoms with E-state index in [1.54, 1.807) is 10.9 Å². The van der Waals surface area contributed by atoms with Crippen LogP contribution in [0.3, 0.4) is 0 Å². The molecule has 0 saturated carbocycles. The molecule has 2 heterocycles. The van der Waals surface area contributed by atoms with E-state index in [1.165, 1.54) is 0 Å². The standard InChI is InChI=1S/C11H14N2O2/c1-13-7-6-10(12-13)11(14)5-4-9-3-2-8-15-9/h2-3,6-8,11,14H,4-5H2,1H3. The van der Waals surface area contributed by atoms with Crippen molar-refractivity contribution in [3.05, 3.63) is 42.1 Å². The predicted molar refractivity (Wildman–Crippen MR) is 55.2 cm³/mol. The Morgan fingerprint density at radius 3 is 3.00 bits per heavy atom. The molecule has 1 unspecified atom stereocenters. The molecule has 0 aliphatic rings.